The molecule has 1 atom stereocenters. The molecular weight excluding hydrogens is 338 g/mol. The van der Waals surface area contributed by atoms with E-state index >= 15 is 0 Å². The number of benzene rings is 1. The number of rotatable bonds is 4. The zero-order valence-electron chi connectivity index (χ0n) is 15.2. The third kappa shape index (κ3) is 3.77. The van der Waals surface area contributed by atoms with Gasteiger partial charge in [-0.1, -0.05) is 24.3 Å². The Labute approximate surface area is 158 Å². The summed E-state index contributed by atoms with van der Waals surface area (Å²) < 4.78 is 0. The monoisotopic (exact) mass is 361 g/mol. The zero-order chi connectivity index (χ0) is 18.6. The van der Waals surface area contributed by atoms with E-state index in [1.165, 1.54) is 0 Å². The van der Waals surface area contributed by atoms with Gasteiger partial charge in [-0.3, -0.25) is 14.6 Å². The van der Waals surface area contributed by atoms with Crippen molar-refractivity contribution in [3.8, 4) is 0 Å². The van der Waals surface area contributed by atoms with Crippen molar-refractivity contribution in [3.05, 3.63) is 76.3 Å². The Morgan fingerprint density at radius 1 is 1.15 bits per heavy atom. The lowest BCUT2D eigenvalue weighted by Gasteiger charge is -2.35. The van der Waals surface area contributed by atoms with Gasteiger partial charge in [-0.2, -0.15) is 0 Å². The molecule has 0 unspecified atom stereocenters. The van der Waals surface area contributed by atoms with Crippen LogP contribution in [0.2, 0.25) is 0 Å². The summed E-state index contributed by atoms with van der Waals surface area (Å²) in [6, 6.07) is 15.3. The topological polar surface area (TPSA) is 66.1 Å². The summed E-state index contributed by atoms with van der Waals surface area (Å²) in [6.45, 7) is 0.706. The molecule has 27 heavy (non-hydrogen) atoms. The smallest absolute Gasteiger partial charge is 0.261 e. The molecule has 2 aromatic heterocycles. The Balaban J connectivity index is 1.57. The van der Waals surface area contributed by atoms with E-state index in [1.807, 2.05) is 47.4 Å². The normalized spacial score (nSPS) is 17.2. The van der Waals surface area contributed by atoms with E-state index in [4.69, 9.17) is 0 Å². The standard InChI is InChI=1S/C22H23N3O2/c26-21-19(15-16-7-1-2-10-20(16)24-21)22(27)25-14-6-4-9-18(25)12-11-17-8-3-5-13-23-17/h1-3,5,7-8,10,13,15,18H,4,6,9,11-12,14H2,(H,24,26)/t18-/m0/s1. The number of nitrogens with zero attached hydrogens (tertiary/aromatic N) is 2. The van der Waals surface area contributed by atoms with Gasteiger partial charge in [0.25, 0.3) is 11.5 Å². The molecule has 0 bridgehead atoms. The fourth-order valence-corrected chi connectivity index (χ4v) is 3.89. The molecule has 1 aromatic carbocycles. The van der Waals surface area contributed by atoms with Crippen LogP contribution in [0.4, 0.5) is 0 Å². The lowest BCUT2D eigenvalue weighted by atomic mass is 9.96. The predicted molar refractivity (Wildman–Crippen MR) is 106 cm³/mol. The molecular formula is C22H23N3O2. The first kappa shape index (κ1) is 17.5. The molecule has 3 aromatic rings. The van der Waals surface area contributed by atoms with Crippen LogP contribution in [0.15, 0.2) is 59.5 Å². The Kier molecular flexibility index (Phi) is 5.01. The average molecular weight is 361 g/mol. The summed E-state index contributed by atoms with van der Waals surface area (Å²) in [4.78, 5) is 34.8. The maximum atomic E-state index is 13.2. The van der Waals surface area contributed by atoms with Crippen LogP contribution in [0.3, 0.4) is 0 Å². The van der Waals surface area contributed by atoms with Crippen molar-refractivity contribution in [2.24, 2.45) is 0 Å². The number of nitrogens with one attached hydrogen (secondary N) is 1. The van der Waals surface area contributed by atoms with Gasteiger partial charge in [0.05, 0.1) is 0 Å². The molecule has 1 amide bonds. The second kappa shape index (κ2) is 7.74. The number of piperidine rings is 1. The number of carbonyl (C=O) groups is 1. The highest BCUT2D eigenvalue weighted by molar-refractivity contribution is 5.97. The van der Waals surface area contributed by atoms with Gasteiger partial charge >= 0.3 is 0 Å². The highest BCUT2D eigenvalue weighted by Gasteiger charge is 2.28. The summed E-state index contributed by atoms with van der Waals surface area (Å²) in [5.74, 6) is -0.160. The van der Waals surface area contributed by atoms with E-state index < -0.39 is 0 Å². The van der Waals surface area contributed by atoms with Crippen molar-refractivity contribution in [3.63, 3.8) is 0 Å². The lowest BCUT2D eigenvalue weighted by molar-refractivity contribution is 0.0600. The molecule has 4 rings (SSSR count). The summed E-state index contributed by atoms with van der Waals surface area (Å²) in [5.41, 5.74) is 1.72. The average Bonchev–Trinajstić information content (AvgIpc) is 2.72. The molecule has 1 fully saturated rings. The molecule has 0 saturated carbocycles. The number of H-pyrrole nitrogens is 1. The summed E-state index contributed by atoms with van der Waals surface area (Å²) in [5, 5.41) is 0.877. The number of aryl methyl sites for hydroxylation is 1. The van der Waals surface area contributed by atoms with E-state index in [2.05, 4.69) is 9.97 Å². The Hall–Kier alpha value is -2.95. The Bertz CT molecular complexity index is 997. The van der Waals surface area contributed by atoms with Gasteiger partial charge in [-0.05, 0) is 61.8 Å². The molecule has 3 heterocycles. The number of hydrogen-bond acceptors (Lipinski definition) is 3. The van der Waals surface area contributed by atoms with Crippen LogP contribution < -0.4 is 5.56 Å². The van der Waals surface area contributed by atoms with Crippen LogP contribution in [0.25, 0.3) is 10.9 Å². The van der Waals surface area contributed by atoms with Crippen LogP contribution in [0.1, 0.15) is 41.7 Å². The van der Waals surface area contributed by atoms with Crippen molar-refractivity contribution in [2.45, 2.75) is 38.1 Å². The van der Waals surface area contributed by atoms with Crippen molar-refractivity contribution >= 4 is 16.8 Å². The number of carbonyl (C=O) groups excluding carboxylic acids is 1. The number of fused-ring (bicyclic) bond motifs is 1. The maximum Gasteiger partial charge on any atom is 0.261 e. The van der Waals surface area contributed by atoms with Crippen molar-refractivity contribution in [2.75, 3.05) is 6.54 Å². The third-order valence-electron chi connectivity index (χ3n) is 5.33. The highest BCUT2D eigenvalue weighted by Crippen LogP contribution is 2.23. The van der Waals surface area contributed by atoms with Crippen molar-refractivity contribution in [1.82, 2.24) is 14.9 Å². The molecule has 0 aliphatic carbocycles. The molecule has 138 valence electrons. The first-order valence-corrected chi connectivity index (χ1v) is 9.55. The van der Waals surface area contributed by atoms with Crippen molar-refractivity contribution in [1.29, 1.82) is 0 Å². The first-order chi connectivity index (χ1) is 13.2. The molecule has 0 radical (unpaired) electrons. The summed E-state index contributed by atoms with van der Waals surface area (Å²) in [7, 11) is 0. The predicted octanol–water partition coefficient (Wildman–Crippen LogP) is 3.55. The van der Waals surface area contributed by atoms with E-state index in [9.17, 15) is 9.59 Å². The third-order valence-corrected chi connectivity index (χ3v) is 5.33. The van der Waals surface area contributed by atoms with Gasteiger partial charge in [-0.25, -0.2) is 0 Å². The van der Waals surface area contributed by atoms with Crippen LogP contribution in [0, 0.1) is 0 Å². The molecule has 5 heteroatoms. The van der Waals surface area contributed by atoms with Gasteiger partial charge in [-0.15, -0.1) is 0 Å². The Morgan fingerprint density at radius 3 is 2.85 bits per heavy atom. The zero-order valence-corrected chi connectivity index (χ0v) is 15.2. The minimum absolute atomic E-state index is 0.152. The fourth-order valence-electron chi connectivity index (χ4n) is 3.89. The number of amides is 1. The number of hydrogen-bond donors (Lipinski definition) is 1. The van der Waals surface area contributed by atoms with Crippen LogP contribution in [0.5, 0.6) is 0 Å². The molecule has 1 saturated heterocycles. The largest absolute Gasteiger partial charge is 0.335 e. The van der Waals surface area contributed by atoms with E-state index in [-0.39, 0.29) is 23.1 Å². The van der Waals surface area contributed by atoms with Crippen LogP contribution in [-0.4, -0.2) is 33.4 Å². The number of para-hydroxylation sites is 1. The Morgan fingerprint density at radius 2 is 2.00 bits per heavy atom. The van der Waals surface area contributed by atoms with Crippen molar-refractivity contribution < 1.29 is 4.79 Å². The molecule has 1 N–H and O–H groups in total. The van der Waals surface area contributed by atoms with E-state index in [0.29, 0.717) is 6.54 Å². The van der Waals surface area contributed by atoms with Gasteiger partial charge in [0.15, 0.2) is 0 Å². The van der Waals surface area contributed by atoms with Gasteiger partial charge in [0.2, 0.25) is 0 Å². The quantitative estimate of drug-likeness (QED) is 0.773. The second-order valence-electron chi connectivity index (χ2n) is 7.11. The SMILES string of the molecule is O=C(c1cc2ccccc2[nH]c1=O)N1CCCC[C@H]1CCc1ccccn1. The fraction of sp³-hybridized carbons (Fsp3) is 0.318. The number of aromatic amines is 1. The lowest BCUT2D eigenvalue weighted by Crippen LogP contribution is -2.45. The minimum atomic E-state index is -0.312. The molecule has 0 spiro atoms. The first-order valence-electron chi connectivity index (χ1n) is 9.55. The van der Waals surface area contributed by atoms with Crippen LogP contribution in [-0.2, 0) is 6.42 Å². The molecule has 5 nitrogen and oxygen atoms in total. The number of likely N-dealkylation sites (tertiary alicyclic amines) is 1. The van der Waals surface area contributed by atoms with Gasteiger partial charge in [0.1, 0.15) is 5.56 Å². The highest BCUT2D eigenvalue weighted by atomic mass is 16.2. The number of pyridine rings is 2. The molecule has 1 aliphatic heterocycles. The van der Waals surface area contributed by atoms with E-state index in [0.717, 1.165) is 48.7 Å². The maximum absolute atomic E-state index is 13.2. The van der Waals surface area contributed by atoms with Gasteiger partial charge in [0, 0.05) is 30.0 Å². The van der Waals surface area contributed by atoms with Crippen LogP contribution >= 0.6 is 0 Å². The summed E-state index contributed by atoms with van der Waals surface area (Å²) >= 11 is 0. The molecule has 1 aliphatic rings. The van der Waals surface area contributed by atoms with E-state index in [1.54, 1.807) is 12.3 Å². The minimum Gasteiger partial charge on any atom is -0.335 e. The second-order valence-corrected chi connectivity index (χ2v) is 7.11. The summed E-state index contributed by atoms with van der Waals surface area (Å²) in [6.07, 6.45) is 6.58. The number of aromatic nitrogens is 2. The van der Waals surface area contributed by atoms with Gasteiger partial charge < -0.3 is 9.88 Å².